The molecule has 0 spiro atoms. The van der Waals surface area contributed by atoms with Crippen LogP contribution in [-0.2, 0) is 4.74 Å². The third-order valence-corrected chi connectivity index (χ3v) is 3.88. The van der Waals surface area contributed by atoms with Crippen molar-refractivity contribution >= 4 is 29.2 Å². The van der Waals surface area contributed by atoms with E-state index in [4.69, 9.17) is 32.4 Å². The lowest BCUT2D eigenvalue weighted by Gasteiger charge is -2.01. The van der Waals surface area contributed by atoms with Crippen LogP contribution < -0.4 is 0 Å². The van der Waals surface area contributed by atoms with E-state index in [0.717, 1.165) is 12.8 Å². The SMILES string of the molecule is CCOC(=O)c1oc(-c2c(Cl)cccc2Cl)nc1C1CC1. The summed E-state index contributed by atoms with van der Waals surface area (Å²) in [5.74, 6) is 0.172. The summed E-state index contributed by atoms with van der Waals surface area (Å²) >= 11 is 12.3. The Morgan fingerprint density at radius 1 is 1.38 bits per heavy atom. The summed E-state index contributed by atoms with van der Waals surface area (Å²) in [7, 11) is 0. The van der Waals surface area contributed by atoms with Gasteiger partial charge in [0.25, 0.3) is 0 Å². The summed E-state index contributed by atoms with van der Waals surface area (Å²) in [5, 5.41) is 0.864. The fourth-order valence-corrected chi connectivity index (χ4v) is 2.68. The molecule has 0 aliphatic heterocycles. The number of esters is 1. The average Bonchev–Trinajstić information content (AvgIpc) is 3.19. The van der Waals surface area contributed by atoms with Crippen LogP contribution in [0, 0.1) is 0 Å². The minimum atomic E-state index is -0.499. The normalized spacial score (nSPS) is 14.2. The number of rotatable bonds is 4. The molecule has 1 fully saturated rings. The number of benzene rings is 1. The van der Waals surface area contributed by atoms with E-state index in [2.05, 4.69) is 4.98 Å². The van der Waals surface area contributed by atoms with Crippen molar-refractivity contribution in [3.63, 3.8) is 0 Å². The number of ether oxygens (including phenoxy) is 1. The first-order valence-electron chi connectivity index (χ1n) is 6.74. The van der Waals surface area contributed by atoms with Crippen LogP contribution in [0.25, 0.3) is 11.5 Å². The van der Waals surface area contributed by atoms with Crippen molar-refractivity contribution in [2.24, 2.45) is 0 Å². The molecule has 4 nitrogen and oxygen atoms in total. The summed E-state index contributed by atoms with van der Waals surface area (Å²) < 4.78 is 10.6. The summed E-state index contributed by atoms with van der Waals surface area (Å²) in [5.41, 5.74) is 1.14. The van der Waals surface area contributed by atoms with E-state index in [0.29, 0.717) is 21.3 Å². The number of carbonyl (C=O) groups excluding carboxylic acids is 1. The topological polar surface area (TPSA) is 52.3 Å². The van der Waals surface area contributed by atoms with Crippen LogP contribution in [0.3, 0.4) is 0 Å². The first-order chi connectivity index (χ1) is 10.1. The van der Waals surface area contributed by atoms with E-state index >= 15 is 0 Å². The van der Waals surface area contributed by atoms with Gasteiger partial charge >= 0.3 is 5.97 Å². The fourth-order valence-electron chi connectivity index (χ4n) is 2.12. The second kappa shape index (κ2) is 5.70. The summed E-state index contributed by atoms with van der Waals surface area (Å²) in [6.07, 6.45) is 1.99. The lowest BCUT2D eigenvalue weighted by atomic mass is 10.2. The maximum absolute atomic E-state index is 12.0. The van der Waals surface area contributed by atoms with Crippen molar-refractivity contribution in [3.05, 3.63) is 39.7 Å². The third-order valence-electron chi connectivity index (χ3n) is 3.25. The summed E-state index contributed by atoms with van der Waals surface area (Å²) in [6, 6.07) is 5.15. The lowest BCUT2D eigenvalue weighted by Crippen LogP contribution is -2.05. The van der Waals surface area contributed by atoms with Gasteiger partial charge in [0.05, 0.1) is 27.9 Å². The minimum Gasteiger partial charge on any atom is -0.460 e. The summed E-state index contributed by atoms with van der Waals surface area (Å²) in [4.78, 5) is 16.4. The maximum atomic E-state index is 12.0. The zero-order valence-corrected chi connectivity index (χ0v) is 12.9. The lowest BCUT2D eigenvalue weighted by molar-refractivity contribution is 0.0489. The van der Waals surface area contributed by atoms with Gasteiger partial charge in [-0.2, -0.15) is 0 Å². The molecule has 0 atom stereocenters. The molecule has 2 aromatic rings. The van der Waals surface area contributed by atoms with Gasteiger partial charge in [0, 0.05) is 5.92 Å². The van der Waals surface area contributed by atoms with Crippen molar-refractivity contribution in [1.82, 2.24) is 4.98 Å². The van der Waals surface area contributed by atoms with Crippen LogP contribution in [0.4, 0.5) is 0 Å². The predicted octanol–water partition coefficient (Wildman–Crippen LogP) is 4.70. The molecule has 0 radical (unpaired) electrons. The van der Waals surface area contributed by atoms with E-state index in [1.54, 1.807) is 25.1 Å². The Bertz CT molecular complexity index is 672. The number of halogens is 2. The molecular formula is C15H13Cl2NO3. The zero-order chi connectivity index (χ0) is 15.0. The first-order valence-corrected chi connectivity index (χ1v) is 7.49. The Morgan fingerprint density at radius 3 is 2.62 bits per heavy atom. The second-order valence-corrected chi connectivity index (χ2v) is 5.64. The molecule has 21 heavy (non-hydrogen) atoms. The molecule has 1 aromatic carbocycles. The van der Waals surface area contributed by atoms with Gasteiger partial charge in [-0.15, -0.1) is 0 Å². The Morgan fingerprint density at radius 2 is 2.05 bits per heavy atom. The Balaban J connectivity index is 2.08. The van der Waals surface area contributed by atoms with E-state index < -0.39 is 5.97 Å². The van der Waals surface area contributed by atoms with Crippen molar-refractivity contribution in [2.45, 2.75) is 25.7 Å². The number of aromatic nitrogens is 1. The molecule has 0 bridgehead atoms. The summed E-state index contributed by atoms with van der Waals surface area (Å²) in [6.45, 7) is 2.03. The highest BCUT2D eigenvalue weighted by molar-refractivity contribution is 6.38. The highest BCUT2D eigenvalue weighted by atomic mass is 35.5. The second-order valence-electron chi connectivity index (χ2n) is 4.82. The molecule has 0 saturated heterocycles. The van der Waals surface area contributed by atoms with Crippen LogP contribution in [0.5, 0.6) is 0 Å². The largest absolute Gasteiger partial charge is 0.460 e. The van der Waals surface area contributed by atoms with Crippen LogP contribution in [0.15, 0.2) is 22.6 Å². The van der Waals surface area contributed by atoms with Crippen molar-refractivity contribution < 1.29 is 13.9 Å². The molecule has 1 heterocycles. The molecule has 0 N–H and O–H groups in total. The van der Waals surface area contributed by atoms with Crippen LogP contribution in [0.1, 0.15) is 41.9 Å². The first kappa shape index (κ1) is 14.4. The molecule has 0 unspecified atom stereocenters. The van der Waals surface area contributed by atoms with Crippen molar-refractivity contribution in [2.75, 3.05) is 6.61 Å². The van der Waals surface area contributed by atoms with Gasteiger partial charge in [0.1, 0.15) is 0 Å². The molecule has 1 saturated carbocycles. The van der Waals surface area contributed by atoms with Gasteiger partial charge in [-0.05, 0) is 31.9 Å². The Hall–Kier alpha value is -1.52. The van der Waals surface area contributed by atoms with Crippen LogP contribution in [0.2, 0.25) is 10.0 Å². The third kappa shape index (κ3) is 2.78. The van der Waals surface area contributed by atoms with E-state index in [1.807, 2.05) is 0 Å². The van der Waals surface area contributed by atoms with E-state index in [1.165, 1.54) is 0 Å². The van der Waals surface area contributed by atoms with E-state index in [-0.39, 0.29) is 24.2 Å². The highest BCUT2D eigenvalue weighted by Crippen LogP contribution is 2.44. The van der Waals surface area contributed by atoms with Crippen LogP contribution in [-0.4, -0.2) is 17.6 Å². The monoisotopic (exact) mass is 325 g/mol. The van der Waals surface area contributed by atoms with E-state index in [9.17, 15) is 4.79 Å². The van der Waals surface area contributed by atoms with Gasteiger partial charge < -0.3 is 9.15 Å². The minimum absolute atomic E-state index is 0.158. The average molecular weight is 326 g/mol. The zero-order valence-electron chi connectivity index (χ0n) is 11.4. The maximum Gasteiger partial charge on any atom is 0.376 e. The van der Waals surface area contributed by atoms with Gasteiger partial charge in [-0.3, -0.25) is 0 Å². The van der Waals surface area contributed by atoms with Crippen molar-refractivity contribution in [3.8, 4) is 11.5 Å². The Labute approximate surface area is 132 Å². The number of hydrogen-bond donors (Lipinski definition) is 0. The number of hydrogen-bond acceptors (Lipinski definition) is 4. The van der Waals surface area contributed by atoms with Gasteiger partial charge in [0.15, 0.2) is 0 Å². The molecule has 0 amide bonds. The quantitative estimate of drug-likeness (QED) is 0.764. The predicted molar refractivity (Wildman–Crippen MR) is 79.9 cm³/mol. The molecule has 6 heteroatoms. The fraction of sp³-hybridized carbons (Fsp3) is 0.333. The molecule has 1 aliphatic rings. The molecule has 1 aliphatic carbocycles. The number of carbonyl (C=O) groups is 1. The molecular weight excluding hydrogens is 313 g/mol. The smallest absolute Gasteiger partial charge is 0.376 e. The number of oxazole rings is 1. The Kier molecular flexibility index (Phi) is 3.91. The highest BCUT2D eigenvalue weighted by Gasteiger charge is 2.35. The van der Waals surface area contributed by atoms with Crippen molar-refractivity contribution in [1.29, 1.82) is 0 Å². The molecule has 1 aromatic heterocycles. The van der Waals surface area contributed by atoms with Gasteiger partial charge in [-0.25, -0.2) is 9.78 Å². The molecule has 3 rings (SSSR count). The molecule has 110 valence electrons. The van der Waals surface area contributed by atoms with Gasteiger partial charge in [-0.1, -0.05) is 29.3 Å². The number of nitrogens with zero attached hydrogens (tertiary/aromatic N) is 1. The van der Waals surface area contributed by atoms with Crippen LogP contribution >= 0.6 is 23.2 Å². The van der Waals surface area contributed by atoms with Gasteiger partial charge in [0.2, 0.25) is 11.7 Å². The standard InChI is InChI=1S/C15H13Cl2NO3/c1-2-20-15(19)13-12(8-6-7-8)18-14(21-13)11-9(16)4-3-5-10(11)17/h3-5,8H,2,6-7H2,1H3.